The summed E-state index contributed by atoms with van der Waals surface area (Å²) >= 11 is 0. The Hall–Kier alpha value is -2.71. The monoisotopic (exact) mass is 808 g/mol. The van der Waals surface area contributed by atoms with E-state index in [4.69, 9.17) is 23.0 Å². The molecule has 318 valence electrons. The number of rotatable bonds is 22. The van der Waals surface area contributed by atoms with Crippen molar-refractivity contribution in [1.82, 2.24) is 25.8 Å². The molecule has 0 bridgehead atoms. The smallest absolute Gasteiger partial charge is 0.379 e. The lowest BCUT2D eigenvalue weighted by atomic mass is 9.89. The van der Waals surface area contributed by atoms with Crippen LogP contribution < -0.4 is 16.0 Å². The van der Waals surface area contributed by atoms with Gasteiger partial charge in [0.15, 0.2) is 0 Å². The van der Waals surface area contributed by atoms with Crippen molar-refractivity contribution in [3.05, 3.63) is 35.9 Å². The van der Waals surface area contributed by atoms with Crippen LogP contribution in [0.15, 0.2) is 30.3 Å². The van der Waals surface area contributed by atoms with E-state index in [1.165, 1.54) is 0 Å². The lowest BCUT2D eigenvalue weighted by Gasteiger charge is -2.41. The zero-order valence-corrected chi connectivity index (χ0v) is 37.0. The molecule has 14 nitrogen and oxygen atoms in total. The molecule has 0 radical (unpaired) electrons. The third-order valence-corrected chi connectivity index (χ3v) is 14.2. The zero-order valence-electron chi connectivity index (χ0n) is 36.1. The van der Waals surface area contributed by atoms with Gasteiger partial charge in [-0.15, -0.1) is 9.05 Å². The van der Waals surface area contributed by atoms with E-state index < -0.39 is 56.3 Å². The number of nitrogens with one attached hydrogen (secondary N) is 3. The highest BCUT2D eigenvalue weighted by atomic mass is 31.2. The van der Waals surface area contributed by atoms with Gasteiger partial charge >= 0.3 is 7.94 Å². The van der Waals surface area contributed by atoms with Crippen molar-refractivity contribution in [2.75, 3.05) is 41.5 Å². The van der Waals surface area contributed by atoms with E-state index in [1.807, 2.05) is 90.6 Å². The normalized spacial score (nSPS) is 24.0. The first-order valence-electron chi connectivity index (χ1n) is 20.4. The van der Waals surface area contributed by atoms with Gasteiger partial charge in [-0.2, -0.15) is 4.52 Å². The largest absolute Gasteiger partial charge is 0.446 e. The molecular weight excluding hydrogens is 737 g/mol. The van der Waals surface area contributed by atoms with Gasteiger partial charge in [0.05, 0.1) is 49.3 Å². The fourth-order valence-electron chi connectivity index (χ4n) is 8.15. The van der Waals surface area contributed by atoms with Crippen molar-refractivity contribution in [2.24, 2.45) is 23.7 Å². The lowest BCUT2D eigenvalue weighted by molar-refractivity contribution is -0.148. The highest BCUT2D eigenvalue weighted by Gasteiger charge is 2.66. The number of amides is 4. The molecule has 3 N–H and O–H groups in total. The van der Waals surface area contributed by atoms with E-state index in [9.17, 15) is 19.2 Å². The quantitative estimate of drug-likeness (QED) is 0.132. The molecule has 2 heterocycles. The lowest BCUT2D eigenvalue weighted by Crippen LogP contribution is -2.59. The Kier molecular flexibility index (Phi) is 18.6. The molecule has 0 saturated carbocycles. The Morgan fingerprint density at radius 3 is 2.05 bits per heavy atom. The molecule has 3 rings (SSSR count). The highest BCUT2D eigenvalue weighted by Crippen LogP contribution is 2.78. The summed E-state index contributed by atoms with van der Waals surface area (Å²) in [6.07, 6.45) is 0.477. The molecule has 1 aromatic carbocycles. The Morgan fingerprint density at radius 2 is 1.55 bits per heavy atom. The molecule has 4 amide bonds. The topological polar surface area (TPSA) is 157 Å². The van der Waals surface area contributed by atoms with Crippen LogP contribution in [0.4, 0.5) is 0 Å². The summed E-state index contributed by atoms with van der Waals surface area (Å²) in [6.45, 7) is 18.1. The zero-order chi connectivity index (χ0) is 41.9. The fraction of sp³-hybridized carbons (Fsp3) is 0.756. The second-order valence-electron chi connectivity index (χ2n) is 15.9. The number of carbonyl (C=O) groups is 4. The number of hydrogen-bond acceptors (Lipinski definition) is 10. The van der Waals surface area contributed by atoms with Gasteiger partial charge in [0.2, 0.25) is 29.4 Å². The molecular formula is C41H71N5O9P+. The van der Waals surface area contributed by atoms with Gasteiger partial charge in [-0.1, -0.05) is 85.2 Å². The summed E-state index contributed by atoms with van der Waals surface area (Å²) in [5, 5.41) is 9.22. The van der Waals surface area contributed by atoms with Crippen LogP contribution in [-0.2, 0) is 42.2 Å². The van der Waals surface area contributed by atoms with Gasteiger partial charge in [0.1, 0.15) is 6.04 Å². The Balaban J connectivity index is 1.82. The first-order valence-corrected chi connectivity index (χ1v) is 22.0. The van der Waals surface area contributed by atoms with E-state index in [1.54, 1.807) is 40.1 Å². The Morgan fingerprint density at radius 1 is 0.929 bits per heavy atom. The second-order valence-corrected chi connectivity index (χ2v) is 18.2. The minimum atomic E-state index is -2.93. The number of likely N-dealkylation sites (tertiary alicyclic amines) is 1. The van der Waals surface area contributed by atoms with E-state index in [2.05, 4.69) is 16.0 Å². The molecule has 15 heteroatoms. The molecule has 2 fully saturated rings. The van der Waals surface area contributed by atoms with E-state index in [0.717, 1.165) is 18.4 Å². The van der Waals surface area contributed by atoms with E-state index >= 15 is 0 Å². The molecule has 2 unspecified atom stereocenters. The van der Waals surface area contributed by atoms with Crippen LogP contribution in [0.25, 0.3) is 0 Å². The van der Waals surface area contributed by atoms with Crippen molar-refractivity contribution in [2.45, 2.75) is 136 Å². The van der Waals surface area contributed by atoms with Crippen molar-refractivity contribution in [3.8, 4) is 0 Å². The summed E-state index contributed by atoms with van der Waals surface area (Å²) < 4.78 is 30.3. The second kappa shape index (κ2) is 21.9. The van der Waals surface area contributed by atoms with E-state index in [0.29, 0.717) is 19.6 Å². The van der Waals surface area contributed by atoms with Crippen LogP contribution in [0.1, 0.15) is 99.3 Å². The summed E-state index contributed by atoms with van der Waals surface area (Å²) in [5.74, 6) is -2.37. The standard InChI is InChI=1S/C41H70N5O9P/c1-14-27(7)36(45(11)41(50)35(26(5)6)43-39(49)34(42-10)25(3)4)32(51-12)24-33(47)46-23-19-22-31(46)37(52-13)28(8)38(48)44-40(30-20-17-16-18-21-30)56(53-15-2)54-29(9)55-56/h16-18,20-21,25-29,31-32,34-37,40,42H,14-15,19,22-24H2,1-13H3,(H-,43,44,48,49)/p+1/t27?,28-,29?,31-,32+,34-,35-,36-,37+,40?,56?/m0/s1. The predicted molar refractivity (Wildman–Crippen MR) is 218 cm³/mol. The first kappa shape index (κ1) is 47.7. The third-order valence-electron chi connectivity index (χ3n) is 11.4. The summed E-state index contributed by atoms with van der Waals surface area (Å²) in [5.41, 5.74) is 0.804. The van der Waals surface area contributed by atoms with Gasteiger partial charge in [0, 0.05) is 33.4 Å². The van der Waals surface area contributed by atoms with Crippen molar-refractivity contribution < 1.29 is 42.2 Å². The molecule has 1 aromatic rings. The predicted octanol–water partition coefficient (Wildman–Crippen LogP) is 5.30. The van der Waals surface area contributed by atoms with Gasteiger partial charge in [-0.25, -0.2) is 0 Å². The fourth-order valence-corrected chi connectivity index (χ4v) is 10.7. The molecule has 0 aromatic heterocycles. The van der Waals surface area contributed by atoms with Crippen LogP contribution >= 0.6 is 7.94 Å². The average Bonchev–Trinajstić information content (AvgIpc) is 3.64. The summed E-state index contributed by atoms with van der Waals surface area (Å²) in [4.78, 5) is 59.4. The summed E-state index contributed by atoms with van der Waals surface area (Å²) in [7, 11) is 3.67. The first-order chi connectivity index (χ1) is 26.5. The van der Waals surface area contributed by atoms with Crippen LogP contribution in [0.3, 0.4) is 0 Å². The number of likely N-dealkylation sites (N-methyl/N-ethyl adjacent to an activating group) is 2. The number of ether oxygens (including phenoxy) is 2. The highest BCUT2D eigenvalue weighted by molar-refractivity contribution is 7.62. The van der Waals surface area contributed by atoms with Crippen molar-refractivity contribution in [1.29, 1.82) is 0 Å². The summed E-state index contributed by atoms with van der Waals surface area (Å²) in [6, 6.07) is 7.47. The molecule has 2 aliphatic rings. The van der Waals surface area contributed by atoms with Crippen LogP contribution in [0.5, 0.6) is 0 Å². The Bertz CT molecular complexity index is 1410. The number of nitrogens with zero attached hydrogens (tertiary/aromatic N) is 2. The maximum atomic E-state index is 14.3. The van der Waals surface area contributed by atoms with Crippen molar-refractivity contribution in [3.63, 3.8) is 0 Å². The maximum Gasteiger partial charge on any atom is 0.446 e. The number of methoxy groups -OCH3 is 2. The molecule has 0 aliphatic carbocycles. The van der Waals surface area contributed by atoms with Gasteiger partial charge in [-0.05, 0) is 51.5 Å². The van der Waals surface area contributed by atoms with Crippen molar-refractivity contribution >= 4 is 31.6 Å². The van der Waals surface area contributed by atoms with Gasteiger partial charge in [0.25, 0.3) is 6.29 Å². The SMILES string of the molecule is CCO[P+]1(C(NC(=O)[C@@H](C)[C@@H](OC)[C@@H]2CCCN2C(=O)C[C@@H](OC)[C@H](C(C)CC)N(C)C(=O)[C@@H](NC(=O)[C@@H](NC)C(C)C)C(C)C)c2ccccc2)OC(C)O1. The number of carbonyl (C=O) groups excluding carboxylic acids is 4. The average molecular weight is 809 g/mol. The molecule has 2 aliphatic heterocycles. The third kappa shape index (κ3) is 11.3. The minimum absolute atomic E-state index is 0.0226. The number of benzene rings is 1. The molecule has 9 atom stereocenters. The molecule has 2 saturated heterocycles. The number of hydrogen-bond donors (Lipinski definition) is 3. The molecule has 0 spiro atoms. The minimum Gasteiger partial charge on any atom is -0.379 e. The van der Waals surface area contributed by atoms with Gasteiger partial charge < -0.3 is 35.2 Å². The van der Waals surface area contributed by atoms with Crippen LogP contribution in [0.2, 0.25) is 0 Å². The van der Waals surface area contributed by atoms with Crippen LogP contribution in [0, 0.1) is 23.7 Å². The maximum absolute atomic E-state index is 14.3. The van der Waals surface area contributed by atoms with Crippen LogP contribution in [-0.4, -0.2) is 118 Å². The van der Waals surface area contributed by atoms with Gasteiger partial charge in [-0.3, -0.25) is 19.2 Å². The Labute approximate surface area is 336 Å². The van der Waals surface area contributed by atoms with E-state index in [-0.39, 0.29) is 53.8 Å². The molecule has 56 heavy (non-hydrogen) atoms.